The normalized spacial score (nSPS) is 12.0. The second-order valence-corrected chi connectivity index (χ2v) is 5.71. The Kier molecular flexibility index (Phi) is 16.7. The van der Waals surface area contributed by atoms with Crippen molar-refractivity contribution in [2.75, 3.05) is 0 Å². The molecule has 0 spiro atoms. The van der Waals surface area contributed by atoms with Gasteiger partial charge in [0.2, 0.25) is 0 Å². The van der Waals surface area contributed by atoms with Crippen LogP contribution in [0.2, 0.25) is 0 Å². The Morgan fingerprint density at radius 2 is 1.23 bits per heavy atom. The van der Waals surface area contributed by atoms with E-state index in [9.17, 15) is 9.90 Å². The fourth-order valence-corrected chi connectivity index (χ4v) is 2.18. The molecule has 0 radical (unpaired) electrons. The maximum atomic E-state index is 10.2. The molecule has 2 nitrogen and oxygen atoms in total. The van der Waals surface area contributed by atoms with Crippen LogP contribution in [0, 0.1) is 0 Å². The quantitative estimate of drug-likeness (QED) is 0.312. The van der Waals surface area contributed by atoms with E-state index in [2.05, 4.69) is 37.3 Å². The van der Waals surface area contributed by atoms with Crippen molar-refractivity contribution in [1.29, 1.82) is 0 Å². The van der Waals surface area contributed by atoms with Gasteiger partial charge in [-0.3, -0.25) is 0 Å². The summed E-state index contributed by atoms with van der Waals surface area (Å²) in [5.74, 6) is -0.957. The van der Waals surface area contributed by atoms with Gasteiger partial charge in [0, 0.05) is 5.97 Å². The molecule has 0 rings (SSSR count). The van der Waals surface area contributed by atoms with E-state index in [4.69, 9.17) is 0 Å². The Balaban J connectivity index is 3.30. The number of carboxylic acid groups (broad SMARTS) is 1. The number of rotatable bonds is 15. The molecule has 0 aliphatic heterocycles. The molecule has 0 aromatic carbocycles. The smallest absolute Gasteiger partial charge is 0.0414 e. The Bertz CT molecular complexity index is 327. The van der Waals surface area contributed by atoms with Crippen molar-refractivity contribution in [3.63, 3.8) is 0 Å². The highest BCUT2D eigenvalue weighted by molar-refractivity contribution is 5.64. The van der Waals surface area contributed by atoms with E-state index in [0.717, 1.165) is 19.3 Å². The number of hydrogen-bond acceptors (Lipinski definition) is 2. The van der Waals surface area contributed by atoms with Crippen LogP contribution >= 0.6 is 0 Å². The summed E-state index contributed by atoms with van der Waals surface area (Å²) < 4.78 is 0. The fraction of sp³-hybridized carbons (Fsp3) is 0.650. The number of hydrogen-bond donors (Lipinski definition) is 0. The number of carbonyl (C=O) groups excluding carboxylic acids is 1. The third-order valence-corrected chi connectivity index (χ3v) is 3.52. The predicted molar refractivity (Wildman–Crippen MR) is 93.5 cm³/mol. The monoisotopic (exact) mass is 305 g/mol. The van der Waals surface area contributed by atoms with Gasteiger partial charge < -0.3 is 9.90 Å². The van der Waals surface area contributed by atoms with E-state index < -0.39 is 5.97 Å². The second-order valence-electron chi connectivity index (χ2n) is 5.71. The molecule has 0 saturated carbocycles. The summed E-state index contributed by atoms with van der Waals surface area (Å²) in [6.07, 6.45) is 26.0. The van der Waals surface area contributed by atoms with Gasteiger partial charge in [-0.05, 0) is 44.9 Å². The number of carbonyl (C=O) groups is 1. The third-order valence-electron chi connectivity index (χ3n) is 3.52. The van der Waals surface area contributed by atoms with Gasteiger partial charge in [-0.25, -0.2) is 0 Å². The molecule has 0 saturated heterocycles. The summed E-state index contributed by atoms with van der Waals surface area (Å²) in [7, 11) is 0. The van der Waals surface area contributed by atoms with Crippen LogP contribution in [0.3, 0.4) is 0 Å². The minimum Gasteiger partial charge on any atom is -0.550 e. The molecule has 22 heavy (non-hydrogen) atoms. The average Bonchev–Trinajstić information content (AvgIpc) is 2.50. The first-order valence-corrected chi connectivity index (χ1v) is 8.92. The van der Waals surface area contributed by atoms with Gasteiger partial charge in [0.15, 0.2) is 0 Å². The van der Waals surface area contributed by atoms with E-state index in [0.29, 0.717) is 6.42 Å². The lowest BCUT2D eigenvalue weighted by Gasteiger charge is -1.97. The zero-order valence-electron chi connectivity index (χ0n) is 14.3. The van der Waals surface area contributed by atoms with Crippen LogP contribution in [-0.4, -0.2) is 5.97 Å². The predicted octanol–water partition coefficient (Wildman–Crippen LogP) is 5.11. The number of carboxylic acids is 1. The van der Waals surface area contributed by atoms with Crippen molar-refractivity contribution >= 4 is 5.97 Å². The van der Waals surface area contributed by atoms with Gasteiger partial charge in [-0.2, -0.15) is 0 Å². The fourth-order valence-electron chi connectivity index (χ4n) is 2.18. The van der Waals surface area contributed by atoms with Gasteiger partial charge >= 0.3 is 0 Å². The maximum absolute atomic E-state index is 10.2. The third kappa shape index (κ3) is 18.7. The highest BCUT2D eigenvalue weighted by Crippen LogP contribution is 2.07. The molecule has 0 bridgehead atoms. The summed E-state index contributed by atoms with van der Waals surface area (Å²) >= 11 is 0. The number of unbranched alkanes of at least 4 members (excludes halogenated alkanes) is 7. The molecule has 0 heterocycles. The van der Waals surface area contributed by atoms with Gasteiger partial charge in [-0.1, -0.05) is 75.5 Å². The average molecular weight is 305 g/mol. The van der Waals surface area contributed by atoms with Gasteiger partial charge in [0.1, 0.15) is 0 Å². The molecule has 126 valence electrons. The molecule has 0 amide bonds. The summed E-state index contributed by atoms with van der Waals surface area (Å²) in [5.41, 5.74) is 0. The first-order valence-electron chi connectivity index (χ1n) is 8.92. The Morgan fingerprint density at radius 1 is 0.727 bits per heavy atom. The van der Waals surface area contributed by atoms with Crippen LogP contribution in [-0.2, 0) is 4.79 Å². The first kappa shape index (κ1) is 20.7. The van der Waals surface area contributed by atoms with Crippen molar-refractivity contribution in [3.8, 4) is 0 Å². The molecule has 2 heteroatoms. The van der Waals surface area contributed by atoms with Crippen LogP contribution in [0.15, 0.2) is 36.5 Å². The highest BCUT2D eigenvalue weighted by Gasteiger charge is 1.87. The van der Waals surface area contributed by atoms with Crippen LogP contribution < -0.4 is 5.11 Å². The minimum atomic E-state index is -0.957. The summed E-state index contributed by atoms with van der Waals surface area (Å²) in [6, 6.07) is 0. The molecule has 0 aromatic rings. The largest absolute Gasteiger partial charge is 0.550 e. The van der Waals surface area contributed by atoms with Crippen molar-refractivity contribution in [2.24, 2.45) is 0 Å². The van der Waals surface area contributed by atoms with Crippen molar-refractivity contribution in [1.82, 2.24) is 0 Å². The van der Waals surface area contributed by atoms with E-state index in [1.54, 1.807) is 0 Å². The van der Waals surface area contributed by atoms with Gasteiger partial charge in [0.25, 0.3) is 0 Å². The Labute approximate surface area is 137 Å². The molecular weight excluding hydrogens is 272 g/mol. The number of allylic oxidation sites excluding steroid dienone is 6. The Hall–Kier alpha value is -1.31. The lowest BCUT2D eigenvalue weighted by Crippen LogP contribution is -2.21. The van der Waals surface area contributed by atoms with Crippen molar-refractivity contribution in [2.45, 2.75) is 84.0 Å². The number of aliphatic carboxylic acids is 1. The van der Waals surface area contributed by atoms with Gasteiger partial charge in [-0.15, -0.1) is 0 Å². The Morgan fingerprint density at radius 3 is 1.82 bits per heavy atom. The molecule has 0 N–H and O–H groups in total. The minimum absolute atomic E-state index is 0.156. The maximum Gasteiger partial charge on any atom is 0.0414 e. The summed E-state index contributed by atoms with van der Waals surface area (Å²) in [4.78, 5) is 10.2. The second kappa shape index (κ2) is 17.7. The lowest BCUT2D eigenvalue weighted by molar-refractivity contribution is -0.305. The zero-order valence-corrected chi connectivity index (χ0v) is 14.3. The zero-order chi connectivity index (χ0) is 16.3. The lowest BCUT2D eigenvalue weighted by atomic mass is 10.1. The highest BCUT2D eigenvalue weighted by atomic mass is 16.4. The topological polar surface area (TPSA) is 40.1 Å². The van der Waals surface area contributed by atoms with Gasteiger partial charge in [0.05, 0.1) is 0 Å². The SMILES string of the molecule is CCCCCCCC/C=C/C/C=C/C/C=C/CCCC(=O)[O-]. The van der Waals surface area contributed by atoms with Crippen LogP contribution in [0.25, 0.3) is 0 Å². The van der Waals surface area contributed by atoms with Crippen LogP contribution in [0.5, 0.6) is 0 Å². The van der Waals surface area contributed by atoms with E-state index >= 15 is 0 Å². The molecule has 0 unspecified atom stereocenters. The van der Waals surface area contributed by atoms with Crippen molar-refractivity contribution < 1.29 is 9.90 Å². The van der Waals surface area contributed by atoms with Crippen molar-refractivity contribution in [3.05, 3.63) is 36.5 Å². The summed E-state index contributed by atoms with van der Waals surface area (Å²) in [6.45, 7) is 2.25. The molecule has 0 aliphatic rings. The molecule has 0 aromatic heterocycles. The van der Waals surface area contributed by atoms with E-state index in [1.165, 1.54) is 44.9 Å². The first-order chi connectivity index (χ1) is 10.8. The molecule has 0 atom stereocenters. The molecular formula is C20H33O2-. The van der Waals surface area contributed by atoms with Crippen LogP contribution in [0.1, 0.15) is 84.0 Å². The van der Waals surface area contributed by atoms with Crippen LogP contribution in [0.4, 0.5) is 0 Å². The summed E-state index contributed by atoms with van der Waals surface area (Å²) in [5, 5.41) is 10.2. The van der Waals surface area contributed by atoms with E-state index in [-0.39, 0.29) is 6.42 Å². The molecule has 0 aliphatic carbocycles. The standard InChI is InChI=1S/C20H34O2/c1-2-3-4-5-6-7-8-9-10-11-12-13-14-15-16-17-18-19-20(21)22/h9-10,12-13,15-16H,2-8,11,14,17-19H2,1H3,(H,21,22)/p-1/b10-9+,13-12+,16-15+. The molecule has 0 fully saturated rings. The van der Waals surface area contributed by atoms with E-state index in [1.807, 2.05) is 6.08 Å².